The molecule has 1 N–H and O–H groups in total. The molecule has 1 heterocycles. The van der Waals surface area contributed by atoms with Crippen LogP contribution < -0.4 is 5.32 Å². The summed E-state index contributed by atoms with van der Waals surface area (Å²) in [5, 5.41) is 3.52. The minimum atomic E-state index is 0.0409. The van der Waals surface area contributed by atoms with E-state index in [1.54, 1.807) is 0 Å². The van der Waals surface area contributed by atoms with Gasteiger partial charge >= 0.3 is 0 Å². The van der Waals surface area contributed by atoms with Crippen molar-refractivity contribution in [2.45, 2.75) is 71.0 Å². The van der Waals surface area contributed by atoms with Crippen molar-refractivity contribution in [2.75, 3.05) is 13.1 Å². The maximum absolute atomic E-state index is 6.29. The lowest BCUT2D eigenvalue weighted by Crippen LogP contribution is -2.57. The van der Waals surface area contributed by atoms with E-state index in [2.05, 4.69) is 33.0 Å². The third-order valence-electron chi connectivity index (χ3n) is 3.55. The first-order valence-electron chi connectivity index (χ1n) is 6.44. The van der Waals surface area contributed by atoms with Gasteiger partial charge < -0.3 is 10.1 Å². The summed E-state index contributed by atoms with van der Waals surface area (Å²) >= 11 is 0. The van der Waals surface area contributed by atoms with Crippen molar-refractivity contribution in [3.05, 3.63) is 0 Å². The van der Waals surface area contributed by atoms with Gasteiger partial charge in [0.05, 0.1) is 11.2 Å². The lowest BCUT2D eigenvalue weighted by atomic mass is 9.91. The zero-order valence-corrected chi connectivity index (χ0v) is 10.9. The summed E-state index contributed by atoms with van der Waals surface area (Å²) < 4.78 is 6.29. The summed E-state index contributed by atoms with van der Waals surface area (Å²) in [4.78, 5) is 0. The van der Waals surface area contributed by atoms with Gasteiger partial charge in [0.2, 0.25) is 0 Å². The van der Waals surface area contributed by atoms with E-state index in [-0.39, 0.29) is 11.2 Å². The van der Waals surface area contributed by atoms with E-state index in [9.17, 15) is 0 Å². The third kappa shape index (κ3) is 3.76. The standard InChI is InChI=1S/C13H27NO/c1-5-7-8-9-13(4)11-14-10-12(3,6-2)15-13/h14H,5-11H2,1-4H3. The molecule has 0 amide bonds. The van der Waals surface area contributed by atoms with E-state index in [0.717, 1.165) is 19.5 Å². The van der Waals surface area contributed by atoms with E-state index in [1.165, 1.54) is 25.7 Å². The molecule has 2 atom stereocenters. The molecular formula is C13H27NO. The van der Waals surface area contributed by atoms with Gasteiger partial charge in [0.25, 0.3) is 0 Å². The molecule has 1 rings (SSSR count). The molecule has 1 fully saturated rings. The van der Waals surface area contributed by atoms with E-state index >= 15 is 0 Å². The minimum Gasteiger partial charge on any atom is -0.366 e. The van der Waals surface area contributed by atoms with Gasteiger partial charge in [0, 0.05) is 13.1 Å². The zero-order chi connectivity index (χ0) is 11.4. The Morgan fingerprint density at radius 1 is 1.07 bits per heavy atom. The Morgan fingerprint density at radius 3 is 2.33 bits per heavy atom. The van der Waals surface area contributed by atoms with Gasteiger partial charge in [-0.15, -0.1) is 0 Å². The van der Waals surface area contributed by atoms with Crippen LogP contribution in [0.4, 0.5) is 0 Å². The number of nitrogens with one attached hydrogen (secondary N) is 1. The lowest BCUT2D eigenvalue weighted by molar-refractivity contribution is -0.166. The summed E-state index contributed by atoms with van der Waals surface area (Å²) in [7, 11) is 0. The number of rotatable bonds is 5. The second-order valence-corrected chi connectivity index (χ2v) is 5.42. The zero-order valence-electron chi connectivity index (χ0n) is 10.9. The molecular weight excluding hydrogens is 186 g/mol. The monoisotopic (exact) mass is 213 g/mol. The molecule has 2 unspecified atom stereocenters. The maximum atomic E-state index is 6.29. The average molecular weight is 213 g/mol. The molecule has 2 heteroatoms. The van der Waals surface area contributed by atoms with Crippen molar-refractivity contribution in [3.8, 4) is 0 Å². The Kier molecular flexibility index (Phi) is 4.60. The Labute approximate surface area is 94.8 Å². The number of hydrogen-bond donors (Lipinski definition) is 1. The summed E-state index contributed by atoms with van der Waals surface area (Å²) in [6.45, 7) is 10.9. The first kappa shape index (κ1) is 13.0. The van der Waals surface area contributed by atoms with Crippen LogP contribution in [0.3, 0.4) is 0 Å². The number of ether oxygens (including phenoxy) is 1. The van der Waals surface area contributed by atoms with E-state index in [1.807, 2.05) is 0 Å². The average Bonchev–Trinajstić information content (AvgIpc) is 2.18. The molecule has 0 radical (unpaired) electrons. The molecule has 1 saturated heterocycles. The van der Waals surface area contributed by atoms with Gasteiger partial charge in [0.15, 0.2) is 0 Å². The van der Waals surface area contributed by atoms with Gasteiger partial charge in [0.1, 0.15) is 0 Å². The lowest BCUT2D eigenvalue weighted by Gasteiger charge is -2.45. The fraction of sp³-hybridized carbons (Fsp3) is 1.00. The number of unbranched alkanes of at least 4 members (excludes halogenated alkanes) is 2. The third-order valence-corrected chi connectivity index (χ3v) is 3.55. The Hall–Kier alpha value is -0.0800. The van der Waals surface area contributed by atoms with Gasteiger partial charge in [-0.25, -0.2) is 0 Å². The molecule has 1 aliphatic heterocycles. The predicted octanol–water partition coefficient (Wildman–Crippen LogP) is 3.11. The topological polar surface area (TPSA) is 21.3 Å². The molecule has 0 aromatic carbocycles. The maximum Gasteiger partial charge on any atom is 0.0786 e. The molecule has 1 aliphatic rings. The van der Waals surface area contributed by atoms with E-state index in [4.69, 9.17) is 4.74 Å². The molecule has 0 saturated carbocycles. The molecule has 90 valence electrons. The Balaban J connectivity index is 2.45. The van der Waals surface area contributed by atoms with Crippen LogP contribution in [0.1, 0.15) is 59.8 Å². The molecule has 0 aromatic rings. The Morgan fingerprint density at radius 2 is 1.73 bits per heavy atom. The van der Waals surface area contributed by atoms with Crippen molar-refractivity contribution in [1.29, 1.82) is 0 Å². The van der Waals surface area contributed by atoms with Crippen LogP contribution in [0, 0.1) is 0 Å². The van der Waals surface area contributed by atoms with Crippen molar-refractivity contribution in [1.82, 2.24) is 5.32 Å². The molecule has 0 aliphatic carbocycles. The molecule has 2 nitrogen and oxygen atoms in total. The van der Waals surface area contributed by atoms with Crippen molar-refractivity contribution < 1.29 is 4.74 Å². The van der Waals surface area contributed by atoms with Crippen LogP contribution in [-0.4, -0.2) is 24.3 Å². The summed E-state index contributed by atoms with van der Waals surface area (Å²) in [5.74, 6) is 0. The molecule has 0 aromatic heterocycles. The van der Waals surface area contributed by atoms with Crippen LogP contribution in [0.15, 0.2) is 0 Å². The number of hydrogen-bond acceptors (Lipinski definition) is 2. The van der Waals surface area contributed by atoms with Gasteiger partial charge in [-0.1, -0.05) is 33.1 Å². The van der Waals surface area contributed by atoms with Crippen LogP contribution >= 0.6 is 0 Å². The van der Waals surface area contributed by atoms with Crippen LogP contribution in [0.5, 0.6) is 0 Å². The second-order valence-electron chi connectivity index (χ2n) is 5.42. The minimum absolute atomic E-state index is 0.0409. The van der Waals surface area contributed by atoms with E-state index < -0.39 is 0 Å². The predicted molar refractivity (Wildman–Crippen MR) is 65.2 cm³/mol. The largest absolute Gasteiger partial charge is 0.366 e. The molecule has 0 bridgehead atoms. The normalized spacial score (nSPS) is 36.8. The molecule has 15 heavy (non-hydrogen) atoms. The highest BCUT2D eigenvalue weighted by atomic mass is 16.5. The fourth-order valence-electron chi connectivity index (χ4n) is 2.34. The van der Waals surface area contributed by atoms with Crippen molar-refractivity contribution in [2.24, 2.45) is 0 Å². The smallest absolute Gasteiger partial charge is 0.0786 e. The van der Waals surface area contributed by atoms with E-state index in [0.29, 0.717) is 0 Å². The van der Waals surface area contributed by atoms with Crippen LogP contribution in [0.25, 0.3) is 0 Å². The van der Waals surface area contributed by atoms with Crippen LogP contribution in [-0.2, 0) is 4.74 Å². The quantitative estimate of drug-likeness (QED) is 0.709. The number of morpholine rings is 1. The summed E-state index contributed by atoms with van der Waals surface area (Å²) in [6, 6.07) is 0. The summed E-state index contributed by atoms with van der Waals surface area (Å²) in [6.07, 6.45) is 6.16. The first-order valence-corrected chi connectivity index (χ1v) is 6.44. The Bertz CT molecular complexity index is 195. The highest BCUT2D eigenvalue weighted by molar-refractivity contribution is 4.91. The molecule has 0 spiro atoms. The highest BCUT2D eigenvalue weighted by Crippen LogP contribution is 2.30. The van der Waals surface area contributed by atoms with Crippen molar-refractivity contribution >= 4 is 0 Å². The van der Waals surface area contributed by atoms with Crippen molar-refractivity contribution in [3.63, 3.8) is 0 Å². The SMILES string of the molecule is CCCCCC1(C)CNCC(C)(CC)O1. The second kappa shape index (κ2) is 5.31. The van der Waals surface area contributed by atoms with Gasteiger partial charge in [-0.2, -0.15) is 0 Å². The highest BCUT2D eigenvalue weighted by Gasteiger charge is 2.38. The first-order chi connectivity index (χ1) is 7.04. The van der Waals surface area contributed by atoms with Gasteiger partial charge in [-0.3, -0.25) is 0 Å². The van der Waals surface area contributed by atoms with Crippen LogP contribution in [0.2, 0.25) is 0 Å². The summed E-state index contributed by atoms with van der Waals surface area (Å²) in [5.41, 5.74) is 0.0946. The fourth-order valence-corrected chi connectivity index (χ4v) is 2.34. The van der Waals surface area contributed by atoms with Gasteiger partial charge in [-0.05, 0) is 26.7 Å².